The molecule has 0 heterocycles. The van der Waals surface area contributed by atoms with Crippen LogP contribution in [0.1, 0.15) is 6.92 Å². The highest BCUT2D eigenvalue weighted by Crippen LogP contribution is 2.15. The fraction of sp³-hybridized carbons (Fsp3) is 0.500. The van der Waals surface area contributed by atoms with Gasteiger partial charge in [-0.1, -0.05) is 6.92 Å². The van der Waals surface area contributed by atoms with Gasteiger partial charge in [0.15, 0.2) is 0 Å². The SMILES string of the molecule is CCNC(COC)CS(=O)c1ccc([N+](=O)[O-])cc1. The second-order valence-corrected chi connectivity index (χ2v) is 5.47. The number of hydrogen-bond donors (Lipinski definition) is 1. The molecule has 0 fully saturated rings. The third-order valence-electron chi connectivity index (χ3n) is 2.52. The zero-order chi connectivity index (χ0) is 14.3. The minimum atomic E-state index is -1.20. The van der Waals surface area contributed by atoms with Crippen molar-refractivity contribution in [2.75, 3.05) is 26.0 Å². The number of nitrogens with one attached hydrogen (secondary N) is 1. The Labute approximate surface area is 114 Å². The van der Waals surface area contributed by atoms with E-state index in [2.05, 4.69) is 5.32 Å². The lowest BCUT2D eigenvalue weighted by Gasteiger charge is -2.16. The number of nitro benzene ring substituents is 1. The van der Waals surface area contributed by atoms with Crippen molar-refractivity contribution in [1.82, 2.24) is 5.32 Å². The van der Waals surface area contributed by atoms with E-state index < -0.39 is 15.7 Å². The van der Waals surface area contributed by atoms with Crippen LogP contribution >= 0.6 is 0 Å². The fourth-order valence-electron chi connectivity index (χ4n) is 1.65. The minimum Gasteiger partial charge on any atom is -0.383 e. The molecule has 0 bridgehead atoms. The monoisotopic (exact) mass is 286 g/mol. The summed E-state index contributed by atoms with van der Waals surface area (Å²) in [4.78, 5) is 10.6. The molecule has 1 N–H and O–H groups in total. The van der Waals surface area contributed by atoms with E-state index in [4.69, 9.17) is 4.74 Å². The fourth-order valence-corrected chi connectivity index (χ4v) is 2.87. The van der Waals surface area contributed by atoms with Gasteiger partial charge in [0.25, 0.3) is 5.69 Å². The van der Waals surface area contributed by atoms with Crippen LogP contribution in [-0.4, -0.2) is 41.2 Å². The zero-order valence-corrected chi connectivity index (χ0v) is 11.8. The molecule has 0 aliphatic heterocycles. The molecule has 2 unspecified atom stereocenters. The second-order valence-electron chi connectivity index (χ2n) is 3.97. The normalized spacial score (nSPS) is 14.0. The quantitative estimate of drug-likeness (QED) is 0.576. The molecule has 0 aliphatic rings. The van der Waals surface area contributed by atoms with E-state index in [9.17, 15) is 14.3 Å². The molecular formula is C12H18N2O4S. The van der Waals surface area contributed by atoms with Crippen LogP contribution in [0.3, 0.4) is 0 Å². The van der Waals surface area contributed by atoms with E-state index in [0.29, 0.717) is 17.3 Å². The van der Waals surface area contributed by atoms with Crippen molar-refractivity contribution >= 4 is 16.5 Å². The summed E-state index contributed by atoms with van der Waals surface area (Å²) in [5, 5.41) is 13.7. The van der Waals surface area contributed by atoms with Crippen LogP contribution in [0, 0.1) is 10.1 Å². The van der Waals surface area contributed by atoms with E-state index in [0.717, 1.165) is 6.54 Å². The largest absolute Gasteiger partial charge is 0.383 e. The molecule has 1 aromatic rings. The zero-order valence-electron chi connectivity index (χ0n) is 11.0. The number of nitro groups is 1. The molecule has 0 radical (unpaired) electrons. The summed E-state index contributed by atoms with van der Waals surface area (Å²) in [5.74, 6) is 0.416. The van der Waals surface area contributed by atoms with Crippen molar-refractivity contribution in [3.8, 4) is 0 Å². The first-order chi connectivity index (χ1) is 9.08. The third-order valence-corrected chi connectivity index (χ3v) is 4.03. The molecule has 0 saturated heterocycles. The third kappa shape index (κ3) is 5.06. The number of ether oxygens (including phenoxy) is 1. The maximum absolute atomic E-state index is 12.1. The summed E-state index contributed by atoms with van der Waals surface area (Å²) in [6.45, 7) is 3.22. The number of nitrogens with zero attached hydrogens (tertiary/aromatic N) is 1. The van der Waals surface area contributed by atoms with Crippen LogP contribution < -0.4 is 5.32 Å². The predicted molar refractivity (Wildman–Crippen MR) is 73.7 cm³/mol. The molecule has 0 aromatic heterocycles. The molecule has 1 aromatic carbocycles. The Morgan fingerprint density at radius 3 is 2.53 bits per heavy atom. The Balaban J connectivity index is 2.68. The molecular weight excluding hydrogens is 268 g/mol. The summed E-state index contributed by atoms with van der Waals surface area (Å²) in [7, 11) is 0.393. The first-order valence-electron chi connectivity index (χ1n) is 5.93. The Morgan fingerprint density at radius 2 is 2.05 bits per heavy atom. The molecule has 0 aliphatic carbocycles. The molecule has 0 spiro atoms. The van der Waals surface area contributed by atoms with Gasteiger partial charge in [0.05, 0.1) is 22.3 Å². The van der Waals surface area contributed by atoms with E-state index >= 15 is 0 Å². The number of likely N-dealkylation sites (N-methyl/N-ethyl adjacent to an activating group) is 1. The highest BCUT2D eigenvalue weighted by atomic mass is 32.2. The Morgan fingerprint density at radius 1 is 1.42 bits per heavy atom. The molecule has 19 heavy (non-hydrogen) atoms. The first-order valence-corrected chi connectivity index (χ1v) is 7.25. The average Bonchev–Trinajstić information content (AvgIpc) is 2.39. The summed E-state index contributed by atoms with van der Waals surface area (Å²) in [5.41, 5.74) is 0.000810. The van der Waals surface area contributed by atoms with Gasteiger partial charge in [-0.25, -0.2) is 0 Å². The van der Waals surface area contributed by atoms with Crippen LogP contribution in [0.25, 0.3) is 0 Å². The Bertz CT molecular complexity index is 430. The minimum absolute atomic E-state index is 0.000810. The van der Waals surface area contributed by atoms with E-state index in [-0.39, 0.29) is 11.7 Å². The van der Waals surface area contributed by atoms with Gasteiger partial charge in [-0.2, -0.15) is 0 Å². The highest BCUT2D eigenvalue weighted by molar-refractivity contribution is 7.85. The van der Waals surface area contributed by atoms with Crippen LogP contribution in [0.15, 0.2) is 29.2 Å². The lowest BCUT2D eigenvalue weighted by Crippen LogP contribution is -2.37. The Kier molecular flexibility index (Phi) is 6.61. The van der Waals surface area contributed by atoms with Crippen molar-refractivity contribution < 1.29 is 13.9 Å². The number of non-ortho nitro benzene ring substituents is 1. The van der Waals surface area contributed by atoms with Gasteiger partial charge in [0.2, 0.25) is 0 Å². The molecule has 0 amide bonds. The molecule has 7 heteroatoms. The number of benzene rings is 1. The first kappa shape index (κ1) is 15.7. The summed E-state index contributed by atoms with van der Waals surface area (Å²) in [6, 6.07) is 5.80. The summed E-state index contributed by atoms with van der Waals surface area (Å²) in [6.07, 6.45) is 0. The number of hydrogen-bond acceptors (Lipinski definition) is 5. The smallest absolute Gasteiger partial charge is 0.269 e. The highest BCUT2D eigenvalue weighted by Gasteiger charge is 2.14. The van der Waals surface area contributed by atoms with Gasteiger partial charge < -0.3 is 10.1 Å². The van der Waals surface area contributed by atoms with Crippen molar-refractivity contribution in [3.05, 3.63) is 34.4 Å². The number of methoxy groups -OCH3 is 1. The maximum atomic E-state index is 12.1. The van der Waals surface area contributed by atoms with Gasteiger partial charge in [-0.3, -0.25) is 14.3 Å². The maximum Gasteiger partial charge on any atom is 0.269 e. The van der Waals surface area contributed by atoms with Crippen LogP contribution in [-0.2, 0) is 15.5 Å². The molecule has 1 rings (SSSR count). The van der Waals surface area contributed by atoms with E-state index in [1.165, 1.54) is 24.3 Å². The van der Waals surface area contributed by atoms with Crippen LogP contribution in [0.5, 0.6) is 0 Å². The van der Waals surface area contributed by atoms with Gasteiger partial charge in [-0.05, 0) is 18.7 Å². The predicted octanol–water partition coefficient (Wildman–Crippen LogP) is 1.33. The lowest BCUT2D eigenvalue weighted by atomic mass is 10.3. The second kappa shape index (κ2) is 7.98. The molecule has 0 saturated carbocycles. The van der Waals surface area contributed by atoms with E-state index in [1.807, 2.05) is 6.92 Å². The molecule has 106 valence electrons. The van der Waals surface area contributed by atoms with Gasteiger partial charge in [0, 0.05) is 35.9 Å². The van der Waals surface area contributed by atoms with Gasteiger partial charge in [-0.15, -0.1) is 0 Å². The van der Waals surface area contributed by atoms with Crippen molar-refractivity contribution in [2.24, 2.45) is 0 Å². The standard InChI is InChI=1S/C12H18N2O4S/c1-3-13-10(8-18-2)9-19(17)12-6-4-11(5-7-12)14(15)16/h4-7,10,13H,3,8-9H2,1-2H3. The van der Waals surface area contributed by atoms with Crippen molar-refractivity contribution in [3.63, 3.8) is 0 Å². The summed E-state index contributed by atoms with van der Waals surface area (Å²) < 4.78 is 17.2. The topological polar surface area (TPSA) is 81.5 Å². The lowest BCUT2D eigenvalue weighted by molar-refractivity contribution is -0.384. The van der Waals surface area contributed by atoms with Crippen molar-refractivity contribution in [2.45, 2.75) is 17.9 Å². The van der Waals surface area contributed by atoms with E-state index in [1.54, 1.807) is 7.11 Å². The molecule has 6 nitrogen and oxygen atoms in total. The summed E-state index contributed by atoms with van der Waals surface area (Å²) >= 11 is 0. The number of rotatable bonds is 8. The van der Waals surface area contributed by atoms with Crippen LogP contribution in [0.2, 0.25) is 0 Å². The van der Waals surface area contributed by atoms with Gasteiger partial charge >= 0.3 is 0 Å². The van der Waals surface area contributed by atoms with Crippen molar-refractivity contribution in [1.29, 1.82) is 0 Å². The van der Waals surface area contributed by atoms with Crippen LogP contribution in [0.4, 0.5) is 5.69 Å². The average molecular weight is 286 g/mol. The Hall–Kier alpha value is -1.31. The van der Waals surface area contributed by atoms with Gasteiger partial charge in [0.1, 0.15) is 0 Å². The molecule has 2 atom stereocenters.